The average Bonchev–Trinajstić information content (AvgIpc) is 3.01. The lowest BCUT2D eigenvalue weighted by atomic mass is 9.97. The standard InChI is InChI=1S/C13H23N3/c1-11(13(2)5-6-13)15-12-3-8-16(9-4-12)10-7-14/h11-12,15H,3-6,8-10H2,1-2H3. The molecule has 0 aromatic heterocycles. The Hall–Kier alpha value is -0.590. The summed E-state index contributed by atoms with van der Waals surface area (Å²) < 4.78 is 0. The largest absolute Gasteiger partial charge is 0.311 e. The molecule has 1 unspecified atom stereocenters. The van der Waals surface area contributed by atoms with Crippen molar-refractivity contribution in [2.45, 2.75) is 51.6 Å². The molecule has 1 atom stereocenters. The Labute approximate surface area is 98.8 Å². The van der Waals surface area contributed by atoms with Crippen molar-refractivity contribution in [3.63, 3.8) is 0 Å². The SMILES string of the molecule is CC(NC1CCN(CC#N)CC1)C1(C)CC1. The normalized spacial score (nSPS) is 27.3. The van der Waals surface area contributed by atoms with Crippen molar-refractivity contribution in [3.05, 3.63) is 0 Å². The second kappa shape index (κ2) is 4.73. The first-order chi connectivity index (χ1) is 7.64. The quantitative estimate of drug-likeness (QED) is 0.735. The third kappa shape index (κ3) is 2.75. The number of nitrogens with one attached hydrogen (secondary N) is 1. The van der Waals surface area contributed by atoms with Crippen molar-refractivity contribution in [1.29, 1.82) is 5.26 Å². The molecule has 1 aliphatic carbocycles. The second-order valence-electron chi connectivity index (χ2n) is 5.75. The third-order valence-corrected chi connectivity index (χ3v) is 4.45. The third-order valence-electron chi connectivity index (χ3n) is 4.45. The Morgan fingerprint density at radius 1 is 1.44 bits per heavy atom. The lowest BCUT2D eigenvalue weighted by molar-refractivity contribution is 0.198. The molecule has 1 N–H and O–H groups in total. The van der Waals surface area contributed by atoms with Gasteiger partial charge in [-0.3, -0.25) is 4.90 Å². The van der Waals surface area contributed by atoms with Gasteiger partial charge >= 0.3 is 0 Å². The molecule has 1 aliphatic heterocycles. The van der Waals surface area contributed by atoms with Crippen molar-refractivity contribution in [2.75, 3.05) is 19.6 Å². The first-order valence-electron chi connectivity index (χ1n) is 6.49. The molecule has 1 saturated carbocycles. The van der Waals surface area contributed by atoms with E-state index in [-0.39, 0.29) is 0 Å². The zero-order chi connectivity index (χ0) is 11.6. The van der Waals surface area contributed by atoms with Crippen molar-refractivity contribution in [3.8, 4) is 6.07 Å². The molecule has 1 heterocycles. The van der Waals surface area contributed by atoms with Gasteiger partial charge in [0.25, 0.3) is 0 Å². The van der Waals surface area contributed by atoms with Crippen molar-refractivity contribution in [1.82, 2.24) is 10.2 Å². The van der Waals surface area contributed by atoms with E-state index in [0.717, 1.165) is 13.1 Å². The van der Waals surface area contributed by atoms with Crippen LogP contribution in [0.2, 0.25) is 0 Å². The number of nitriles is 1. The zero-order valence-corrected chi connectivity index (χ0v) is 10.5. The van der Waals surface area contributed by atoms with Crippen LogP contribution in [0.25, 0.3) is 0 Å². The summed E-state index contributed by atoms with van der Waals surface area (Å²) in [5.41, 5.74) is 0.573. The van der Waals surface area contributed by atoms with Crippen LogP contribution in [-0.2, 0) is 0 Å². The van der Waals surface area contributed by atoms with Gasteiger partial charge in [0.15, 0.2) is 0 Å². The Bertz CT molecular complexity index is 269. The van der Waals surface area contributed by atoms with Gasteiger partial charge in [-0.05, 0) is 38.0 Å². The number of hydrogen-bond acceptors (Lipinski definition) is 3. The number of likely N-dealkylation sites (tertiary alicyclic amines) is 1. The Morgan fingerprint density at radius 3 is 2.56 bits per heavy atom. The maximum absolute atomic E-state index is 8.64. The maximum atomic E-state index is 8.64. The minimum absolute atomic E-state index is 0.573. The highest BCUT2D eigenvalue weighted by Gasteiger charge is 2.43. The number of nitrogens with zero attached hydrogens (tertiary/aromatic N) is 2. The average molecular weight is 221 g/mol. The summed E-state index contributed by atoms with van der Waals surface area (Å²) in [6.07, 6.45) is 5.16. The molecule has 2 fully saturated rings. The van der Waals surface area contributed by atoms with Crippen LogP contribution >= 0.6 is 0 Å². The molecule has 0 aromatic carbocycles. The van der Waals surface area contributed by atoms with Crippen molar-refractivity contribution < 1.29 is 0 Å². The molecule has 0 amide bonds. The molecule has 0 radical (unpaired) electrons. The van der Waals surface area contributed by atoms with Crippen LogP contribution in [0.5, 0.6) is 0 Å². The van der Waals surface area contributed by atoms with Crippen LogP contribution < -0.4 is 5.32 Å². The number of hydrogen-bond donors (Lipinski definition) is 1. The van der Waals surface area contributed by atoms with Gasteiger partial charge in [-0.2, -0.15) is 5.26 Å². The topological polar surface area (TPSA) is 39.1 Å². The molecule has 0 aromatic rings. The van der Waals surface area contributed by atoms with E-state index in [0.29, 0.717) is 24.0 Å². The maximum Gasteiger partial charge on any atom is 0.0866 e. The second-order valence-corrected chi connectivity index (χ2v) is 5.75. The van der Waals surface area contributed by atoms with Gasteiger partial charge < -0.3 is 5.32 Å². The van der Waals surface area contributed by atoms with Crippen LogP contribution in [0.4, 0.5) is 0 Å². The van der Waals surface area contributed by atoms with Crippen LogP contribution in [0, 0.1) is 16.7 Å². The summed E-state index contributed by atoms with van der Waals surface area (Å²) in [7, 11) is 0. The van der Waals surface area contributed by atoms with Gasteiger partial charge in [-0.15, -0.1) is 0 Å². The van der Waals surface area contributed by atoms with E-state index in [9.17, 15) is 0 Å². The van der Waals surface area contributed by atoms with E-state index in [1.165, 1.54) is 25.7 Å². The fourth-order valence-electron chi connectivity index (χ4n) is 2.54. The highest BCUT2D eigenvalue weighted by atomic mass is 15.1. The van der Waals surface area contributed by atoms with E-state index >= 15 is 0 Å². The highest BCUT2D eigenvalue weighted by Crippen LogP contribution is 2.48. The summed E-state index contributed by atoms with van der Waals surface area (Å²) in [6.45, 7) is 7.47. The van der Waals surface area contributed by atoms with E-state index < -0.39 is 0 Å². The van der Waals surface area contributed by atoms with Crippen molar-refractivity contribution >= 4 is 0 Å². The van der Waals surface area contributed by atoms with E-state index in [2.05, 4.69) is 30.1 Å². The molecule has 16 heavy (non-hydrogen) atoms. The monoisotopic (exact) mass is 221 g/mol. The number of piperidine rings is 1. The van der Waals surface area contributed by atoms with Gasteiger partial charge in [0.1, 0.15) is 0 Å². The minimum atomic E-state index is 0.573. The van der Waals surface area contributed by atoms with Gasteiger partial charge in [0, 0.05) is 25.2 Å². The summed E-state index contributed by atoms with van der Waals surface area (Å²) in [6, 6.07) is 3.55. The van der Waals surface area contributed by atoms with Gasteiger partial charge in [-0.1, -0.05) is 6.92 Å². The Morgan fingerprint density at radius 2 is 2.06 bits per heavy atom. The molecular weight excluding hydrogens is 198 g/mol. The van der Waals surface area contributed by atoms with Gasteiger partial charge in [0.2, 0.25) is 0 Å². The fraction of sp³-hybridized carbons (Fsp3) is 0.923. The van der Waals surface area contributed by atoms with Crippen LogP contribution in [-0.4, -0.2) is 36.6 Å². The highest BCUT2D eigenvalue weighted by molar-refractivity contribution is 4.98. The van der Waals surface area contributed by atoms with Crippen LogP contribution in [0.1, 0.15) is 39.5 Å². The molecule has 0 spiro atoms. The molecule has 2 aliphatic rings. The molecule has 3 heteroatoms. The predicted molar refractivity (Wildman–Crippen MR) is 65.0 cm³/mol. The summed E-state index contributed by atoms with van der Waals surface area (Å²) in [4.78, 5) is 2.25. The fourth-order valence-corrected chi connectivity index (χ4v) is 2.54. The lowest BCUT2D eigenvalue weighted by Gasteiger charge is -2.34. The van der Waals surface area contributed by atoms with E-state index in [4.69, 9.17) is 5.26 Å². The summed E-state index contributed by atoms with van der Waals surface area (Å²) >= 11 is 0. The van der Waals surface area contributed by atoms with Gasteiger partial charge in [0.05, 0.1) is 12.6 Å². The zero-order valence-electron chi connectivity index (χ0n) is 10.5. The summed E-state index contributed by atoms with van der Waals surface area (Å²) in [5, 5.41) is 12.4. The van der Waals surface area contributed by atoms with Crippen LogP contribution in [0.3, 0.4) is 0 Å². The summed E-state index contributed by atoms with van der Waals surface area (Å²) in [5.74, 6) is 0. The Balaban J connectivity index is 1.71. The molecular formula is C13H23N3. The first-order valence-corrected chi connectivity index (χ1v) is 6.49. The smallest absolute Gasteiger partial charge is 0.0866 e. The molecule has 90 valence electrons. The molecule has 2 rings (SSSR count). The molecule has 1 saturated heterocycles. The van der Waals surface area contributed by atoms with Crippen LogP contribution in [0.15, 0.2) is 0 Å². The minimum Gasteiger partial charge on any atom is -0.311 e. The first kappa shape index (κ1) is 11.9. The lowest BCUT2D eigenvalue weighted by Crippen LogP contribution is -2.47. The van der Waals surface area contributed by atoms with Gasteiger partial charge in [-0.25, -0.2) is 0 Å². The predicted octanol–water partition coefficient (Wildman–Crippen LogP) is 1.75. The van der Waals surface area contributed by atoms with E-state index in [1.807, 2.05) is 0 Å². The molecule has 3 nitrogen and oxygen atoms in total. The van der Waals surface area contributed by atoms with Crippen molar-refractivity contribution in [2.24, 2.45) is 5.41 Å². The Kier molecular flexibility index (Phi) is 3.51. The molecule has 0 bridgehead atoms. The number of rotatable bonds is 4. The van der Waals surface area contributed by atoms with E-state index in [1.54, 1.807) is 0 Å².